The van der Waals surface area contributed by atoms with E-state index in [1.807, 2.05) is 24.0 Å². The summed E-state index contributed by atoms with van der Waals surface area (Å²) in [5.41, 5.74) is 2.39. The third-order valence-electron chi connectivity index (χ3n) is 5.53. The molecule has 1 atom stereocenters. The highest BCUT2D eigenvalue weighted by Crippen LogP contribution is 2.26. The second-order valence-corrected chi connectivity index (χ2v) is 9.59. The van der Waals surface area contributed by atoms with Gasteiger partial charge in [-0.25, -0.2) is 8.42 Å². The third kappa shape index (κ3) is 5.15. The highest BCUT2D eigenvalue weighted by Gasteiger charge is 2.30. The van der Waals surface area contributed by atoms with Gasteiger partial charge in [-0.3, -0.25) is 14.5 Å². The molecule has 0 radical (unpaired) electrons. The van der Waals surface area contributed by atoms with Crippen LogP contribution in [0.15, 0.2) is 23.1 Å². The van der Waals surface area contributed by atoms with Gasteiger partial charge < -0.3 is 10.6 Å². The number of rotatable bonds is 7. The van der Waals surface area contributed by atoms with Gasteiger partial charge in [0.15, 0.2) is 0 Å². The summed E-state index contributed by atoms with van der Waals surface area (Å²) in [4.78, 5) is 26.2. The van der Waals surface area contributed by atoms with E-state index in [0.29, 0.717) is 37.6 Å². The van der Waals surface area contributed by atoms with Crippen LogP contribution in [0.25, 0.3) is 0 Å². The van der Waals surface area contributed by atoms with E-state index < -0.39 is 16.1 Å². The Morgan fingerprint density at radius 1 is 1.10 bits per heavy atom. The average molecular weight is 423 g/mol. The Hall–Kier alpha value is -1.97. The summed E-state index contributed by atoms with van der Waals surface area (Å²) in [5.74, 6) is -0.454. The minimum Gasteiger partial charge on any atom is -0.355 e. The van der Waals surface area contributed by atoms with Crippen LogP contribution in [0.3, 0.4) is 0 Å². The first-order chi connectivity index (χ1) is 13.8. The lowest BCUT2D eigenvalue weighted by Crippen LogP contribution is -2.53. The van der Waals surface area contributed by atoms with Crippen molar-refractivity contribution in [1.29, 1.82) is 0 Å². The van der Waals surface area contributed by atoms with Crippen molar-refractivity contribution >= 4 is 21.8 Å². The van der Waals surface area contributed by atoms with E-state index in [-0.39, 0.29) is 18.4 Å². The summed E-state index contributed by atoms with van der Waals surface area (Å²) in [5, 5.41) is 5.35. The van der Waals surface area contributed by atoms with Gasteiger partial charge in [0.2, 0.25) is 21.8 Å². The molecule has 1 aliphatic heterocycles. The first-order valence-corrected chi connectivity index (χ1v) is 11.7. The molecule has 0 bridgehead atoms. The van der Waals surface area contributed by atoms with E-state index >= 15 is 0 Å². The number of hydrogen-bond donors (Lipinski definition) is 2. The molecular formula is C20H30N4O4S. The predicted octanol–water partition coefficient (Wildman–Crippen LogP) is 0.122. The first-order valence-electron chi connectivity index (χ1n) is 10.2. The van der Waals surface area contributed by atoms with E-state index in [2.05, 4.69) is 10.6 Å². The van der Waals surface area contributed by atoms with Crippen molar-refractivity contribution in [2.45, 2.75) is 44.0 Å². The molecule has 0 saturated carbocycles. The van der Waals surface area contributed by atoms with Gasteiger partial charge in [0, 0.05) is 32.7 Å². The lowest BCUT2D eigenvalue weighted by molar-refractivity contribution is -0.129. The fourth-order valence-corrected chi connectivity index (χ4v) is 5.34. The van der Waals surface area contributed by atoms with Crippen molar-refractivity contribution in [3.8, 4) is 0 Å². The summed E-state index contributed by atoms with van der Waals surface area (Å²) in [6.45, 7) is 5.78. The number of sulfonamides is 1. The van der Waals surface area contributed by atoms with E-state index in [9.17, 15) is 18.0 Å². The molecule has 1 aromatic rings. The van der Waals surface area contributed by atoms with Crippen molar-refractivity contribution in [3.63, 3.8) is 0 Å². The number of likely N-dealkylation sites (N-methyl/N-ethyl adjacent to an activating group) is 1. The Kier molecular flexibility index (Phi) is 6.92. The van der Waals surface area contributed by atoms with E-state index in [4.69, 9.17) is 0 Å². The number of fused-ring (bicyclic) bond motifs is 1. The van der Waals surface area contributed by atoms with E-state index in [0.717, 1.165) is 24.8 Å². The number of piperazine rings is 1. The largest absolute Gasteiger partial charge is 0.355 e. The zero-order valence-corrected chi connectivity index (χ0v) is 17.9. The third-order valence-corrected chi connectivity index (χ3v) is 7.42. The zero-order chi connectivity index (χ0) is 21.0. The van der Waals surface area contributed by atoms with Crippen molar-refractivity contribution in [1.82, 2.24) is 19.8 Å². The zero-order valence-electron chi connectivity index (χ0n) is 17.1. The number of amides is 2. The first kappa shape index (κ1) is 21.7. The fraction of sp³-hybridized carbons (Fsp3) is 0.600. The number of hydrogen-bond acceptors (Lipinski definition) is 5. The Morgan fingerprint density at radius 2 is 1.79 bits per heavy atom. The van der Waals surface area contributed by atoms with Gasteiger partial charge in [0.05, 0.1) is 11.4 Å². The Bertz CT molecular complexity index is 863. The molecule has 1 aliphatic carbocycles. The molecule has 2 N–H and O–H groups in total. The van der Waals surface area contributed by atoms with Crippen molar-refractivity contribution in [2.75, 3.05) is 39.3 Å². The number of aryl methyl sites for hydroxylation is 2. The standard InChI is InChI=1S/C20H30N4O4S/c1-3-21-20(26)15(2)22-19(25)14-23-9-11-24(12-10-23)29(27,28)18-8-7-16-5-4-6-17(16)13-18/h7-8,13,15H,3-6,9-12,14H2,1-2H3,(H,21,26)(H,22,25)/t15-/m1/s1. The Morgan fingerprint density at radius 3 is 2.48 bits per heavy atom. The maximum Gasteiger partial charge on any atom is 0.243 e. The van der Waals surface area contributed by atoms with Gasteiger partial charge in [-0.15, -0.1) is 0 Å². The number of nitrogens with one attached hydrogen (secondary N) is 2. The number of carbonyl (C=O) groups is 2. The quantitative estimate of drug-likeness (QED) is 0.651. The van der Waals surface area contributed by atoms with Crippen molar-refractivity contribution in [2.24, 2.45) is 0 Å². The molecule has 160 valence electrons. The maximum absolute atomic E-state index is 13.0. The summed E-state index contributed by atoms with van der Waals surface area (Å²) in [7, 11) is -3.52. The Balaban J connectivity index is 1.52. The van der Waals surface area contributed by atoms with Crippen LogP contribution in [0, 0.1) is 0 Å². The van der Waals surface area contributed by atoms with Crippen molar-refractivity contribution < 1.29 is 18.0 Å². The summed E-state index contributed by atoms with van der Waals surface area (Å²) in [6, 6.07) is 4.87. The normalized spacial score (nSPS) is 18.8. The molecule has 2 amide bonds. The highest BCUT2D eigenvalue weighted by molar-refractivity contribution is 7.89. The fourth-order valence-electron chi connectivity index (χ4n) is 3.87. The molecule has 9 heteroatoms. The lowest BCUT2D eigenvalue weighted by Gasteiger charge is -2.33. The van der Waals surface area contributed by atoms with Gasteiger partial charge in [-0.05, 0) is 56.4 Å². The number of carbonyl (C=O) groups excluding carboxylic acids is 2. The van der Waals surface area contributed by atoms with Crippen LogP contribution in [-0.2, 0) is 32.5 Å². The van der Waals surface area contributed by atoms with Gasteiger partial charge in [0.25, 0.3) is 0 Å². The molecule has 8 nitrogen and oxygen atoms in total. The molecule has 1 fully saturated rings. The van der Waals surface area contributed by atoms with Gasteiger partial charge in [-0.1, -0.05) is 6.07 Å². The van der Waals surface area contributed by atoms with Gasteiger partial charge >= 0.3 is 0 Å². The molecule has 29 heavy (non-hydrogen) atoms. The number of benzene rings is 1. The second kappa shape index (κ2) is 9.23. The minimum absolute atomic E-state index is 0.149. The van der Waals surface area contributed by atoms with E-state index in [1.54, 1.807) is 13.0 Å². The second-order valence-electron chi connectivity index (χ2n) is 7.65. The smallest absolute Gasteiger partial charge is 0.243 e. The predicted molar refractivity (Wildman–Crippen MR) is 110 cm³/mol. The van der Waals surface area contributed by atoms with Crippen LogP contribution in [0.5, 0.6) is 0 Å². The SMILES string of the molecule is CCNC(=O)[C@@H](C)NC(=O)CN1CCN(S(=O)(=O)c2ccc3c(c2)CCC3)CC1. The van der Waals surface area contributed by atoms with Crippen LogP contribution in [0.2, 0.25) is 0 Å². The molecule has 0 spiro atoms. The molecule has 1 aromatic carbocycles. The monoisotopic (exact) mass is 422 g/mol. The van der Waals surface area contributed by atoms with Crippen LogP contribution in [-0.4, -0.2) is 74.7 Å². The molecule has 2 aliphatic rings. The van der Waals surface area contributed by atoms with Gasteiger partial charge in [0.1, 0.15) is 6.04 Å². The summed E-state index contributed by atoms with van der Waals surface area (Å²) in [6.07, 6.45) is 3.05. The lowest BCUT2D eigenvalue weighted by atomic mass is 10.1. The maximum atomic E-state index is 13.0. The Labute approximate surface area is 172 Å². The van der Waals surface area contributed by atoms with Crippen LogP contribution >= 0.6 is 0 Å². The minimum atomic E-state index is -3.52. The van der Waals surface area contributed by atoms with Crippen LogP contribution in [0.1, 0.15) is 31.4 Å². The number of nitrogens with zero attached hydrogens (tertiary/aromatic N) is 2. The average Bonchev–Trinajstić information content (AvgIpc) is 3.16. The molecular weight excluding hydrogens is 392 g/mol. The molecule has 0 aromatic heterocycles. The highest BCUT2D eigenvalue weighted by atomic mass is 32.2. The molecule has 3 rings (SSSR count). The molecule has 1 heterocycles. The van der Waals surface area contributed by atoms with Crippen LogP contribution in [0.4, 0.5) is 0 Å². The topological polar surface area (TPSA) is 98.8 Å². The summed E-state index contributed by atoms with van der Waals surface area (Å²) >= 11 is 0. The molecule has 0 unspecified atom stereocenters. The molecule has 1 saturated heterocycles. The van der Waals surface area contributed by atoms with Crippen molar-refractivity contribution in [3.05, 3.63) is 29.3 Å². The van der Waals surface area contributed by atoms with E-state index in [1.165, 1.54) is 9.87 Å². The van der Waals surface area contributed by atoms with Crippen LogP contribution < -0.4 is 10.6 Å². The van der Waals surface area contributed by atoms with Gasteiger partial charge in [-0.2, -0.15) is 4.31 Å². The summed E-state index contributed by atoms with van der Waals surface area (Å²) < 4.78 is 27.5.